The average Bonchev–Trinajstić information content (AvgIpc) is 2.19. The van der Waals surface area contributed by atoms with Crippen LogP contribution in [0, 0.1) is 26.2 Å². The van der Waals surface area contributed by atoms with Crippen molar-refractivity contribution >= 4 is 0 Å². The topological polar surface area (TPSA) is 21.3 Å². The summed E-state index contributed by atoms with van der Waals surface area (Å²) in [5, 5.41) is 3.57. The van der Waals surface area contributed by atoms with Gasteiger partial charge in [0, 0.05) is 18.5 Å². The molecule has 0 atom stereocenters. The minimum absolute atomic E-state index is 0.354. The van der Waals surface area contributed by atoms with Gasteiger partial charge in [0.05, 0.1) is 13.2 Å². The third-order valence-corrected chi connectivity index (χ3v) is 3.59. The molecule has 17 heavy (non-hydrogen) atoms. The summed E-state index contributed by atoms with van der Waals surface area (Å²) in [4.78, 5) is 0. The first-order chi connectivity index (χ1) is 8.00. The van der Waals surface area contributed by atoms with Gasteiger partial charge in [-0.1, -0.05) is 24.6 Å². The first kappa shape index (κ1) is 12.6. The number of benzene rings is 1. The SMILES string of the molecule is Cc1cc(C)c(CNCC2(C)COC2)c(C)c1. The Bertz CT molecular complexity index is 384. The molecule has 0 spiro atoms. The predicted octanol–water partition coefficient (Wildman–Crippen LogP) is 2.74. The molecule has 0 amide bonds. The molecule has 1 aromatic rings. The Morgan fingerprint density at radius 3 is 2.24 bits per heavy atom. The summed E-state index contributed by atoms with van der Waals surface area (Å²) in [6.07, 6.45) is 0. The standard InChI is InChI=1S/C15H23NO/c1-11-5-12(2)14(13(3)6-11)7-16-8-15(4)9-17-10-15/h5-6,16H,7-10H2,1-4H3. The van der Waals surface area contributed by atoms with Crippen molar-refractivity contribution in [1.82, 2.24) is 5.32 Å². The van der Waals surface area contributed by atoms with Gasteiger partial charge in [0.25, 0.3) is 0 Å². The molecule has 0 aromatic heterocycles. The van der Waals surface area contributed by atoms with Crippen molar-refractivity contribution in [2.24, 2.45) is 5.41 Å². The van der Waals surface area contributed by atoms with Crippen LogP contribution in [0.15, 0.2) is 12.1 Å². The highest BCUT2D eigenvalue weighted by Crippen LogP contribution is 2.25. The van der Waals surface area contributed by atoms with Crippen molar-refractivity contribution in [3.05, 3.63) is 34.4 Å². The van der Waals surface area contributed by atoms with Gasteiger partial charge in [-0.3, -0.25) is 0 Å². The third kappa shape index (κ3) is 2.88. The van der Waals surface area contributed by atoms with E-state index in [4.69, 9.17) is 4.74 Å². The molecule has 0 radical (unpaired) electrons. The van der Waals surface area contributed by atoms with E-state index in [0.717, 1.165) is 26.3 Å². The van der Waals surface area contributed by atoms with E-state index in [9.17, 15) is 0 Å². The Labute approximate surface area is 104 Å². The minimum atomic E-state index is 0.354. The predicted molar refractivity (Wildman–Crippen MR) is 71.3 cm³/mol. The van der Waals surface area contributed by atoms with E-state index in [-0.39, 0.29) is 0 Å². The number of hydrogen-bond acceptors (Lipinski definition) is 2. The lowest BCUT2D eigenvalue weighted by Crippen LogP contribution is -2.47. The zero-order chi connectivity index (χ0) is 12.5. The highest BCUT2D eigenvalue weighted by atomic mass is 16.5. The van der Waals surface area contributed by atoms with Crippen molar-refractivity contribution < 1.29 is 4.74 Å². The summed E-state index contributed by atoms with van der Waals surface area (Å²) >= 11 is 0. The number of hydrogen-bond donors (Lipinski definition) is 1. The summed E-state index contributed by atoms with van der Waals surface area (Å²) in [6, 6.07) is 4.52. The molecule has 1 saturated heterocycles. The summed E-state index contributed by atoms with van der Waals surface area (Å²) in [5.74, 6) is 0. The zero-order valence-corrected chi connectivity index (χ0v) is 11.4. The molecular formula is C15H23NO. The summed E-state index contributed by atoms with van der Waals surface area (Å²) in [6.45, 7) is 12.6. The molecule has 0 aliphatic carbocycles. The molecule has 1 heterocycles. The van der Waals surface area contributed by atoms with E-state index in [1.807, 2.05) is 0 Å². The van der Waals surface area contributed by atoms with Crippen LogP contribution in [0.2, 0.25) is 0 Å². The molecular weight excluding hydrogens is 210 g/mol. The lowest BCUT2D eigenvalue weighted by Gasteiger charge is -2.38. The van der Waals surface area contributed by atoms with Crippen molar-refractivity contribution in [3.8, 4) is 0 Å². The van der Waals surface area contributed by atoms with Gasteiger partial charge >= 0.3 is 0 Å². The van der Waals surface area contributed by atoms with Crippen LogP contribution in [0.4, 0.5) is 0 Å². The van der Waals surface area contributed by atoms with Gasteiger partial charge in [0.2, 0.25) is 0 Å². The summed E-state index contributed by atoms with van der Waals surface area (Å²) in [5.41, 5.74) is 5.93. The second-order valence-corrected chi connectivity index (χ2v) is 5.78. The molecule has 1 aliphatic rings. The van der Waals surface area contributed by atoms with Crippen LogP contribution < -0.4 is 5.32 Å². The largest absolute Gasteiger partial charge is 0.380 e. The monoisotopic (exact) mass is 233 g/mol. The Kier molecular flexibility index (Phi) is 3.55. The molecule has 1 N–H and O–H groups in total. The Hall–Kier alpha value is -0.860. The number of aryl methyl sites for hydroxylation is 3. The van der Waals surface area contributed by atoms with E-state index in [2.05, 4.69) is 45.1 Å². The molecule has 0 bridgehead atoms. The van der Waals surface area contributed by atoms with Gasteiger partial charge < -0.3 is 10.1 Å². The maximum absolute atomic E-state index is 5.26. The number of ether oxygens (including phenoxy) is 1. The smallest absolute Gasteiger partial charge is 0.0554 e. The van der Waals surface area contributed by atoms with Crippen molar-refractivity contribution in [2.45, 2.75) is 34.2 Å². The first-order valence-corrected chi connectivity index (χ1v) is 6.35. The van der Waals surface area contributed by atoms with Crippen molar-refractivity contribution in [3.63, 3.8) is 0 Å². The van der Waals surface area contributed by atoms with Gasteiger partial charge in [0.1, 0.15) is 0 Å². The van der Waals surface area contributed by atoms with Gasteiger partial charge in [-0.25, -0.2) is 0 Å². The lowest BCUT2D eigenvalue weighted by atomic mass is 9.88. The third-order valence-electron chi connectivity index (χ3n) is 3.59. The fourth-order valence-electron chi connectivity index (χ4n) is 2.53. The highest BCUT2D eigenvalue weighted by molar-refractivity contribution is 5.37. The van der Waals surface area contributed by atoms with E-state index in [0.29, 0.717) is 5.41 Å². The van der Waals surface area contributed by atoms with Crippen LogP contribution in [-0.2, 0) is 11.3 Å². The van der Waals surface area contributed by atoms with E-state index in [1.54, 1.807) is 0 Å². The van der Waals surface area contributed by atoms with Crippen LogP contribution in [-0.4, -0.2) is 19.8 Å². The summed E-state index contributed by atoms with van der Waals surface area (Å²) in [7, 11) is 0. The van der Waals surface area contributed by atoms with Gasteiger partial charge in [-0.05, 0) is 37.5 Å². The fraction of sp³-hybridized carbons (Fsp3) is 0.600. The molecule has 1 aromatic carbocycles. The maximum Gasteiger partial charge on any atom is 0.0554 e. The Morgan fingerprint density at radius 2 is 1.76 bits per heavy atom. The normalized spacial score (nSPS) is 17.9. The molecule has 2 heteroatoms. The van der Waals surface area contributed by atoms with Gasteiger partial charge in [-0.15, -0.1) is 0 Å². The summed E-state index contributed by atoms with van der Waals surface area (Å²) < 4.78 is 5.26. The van der Waals surface area contributed by atoms with Gasteiger partial charge in [0.15, 0.2) is 0 Å². The van der Waals surface area contributed by atoms with E-state index >= 15 is 0 Å². The molecule has 0 saturated carbocycles. The van der Waals surface area contributed by atoms with E-state index < -0.39 is 0 Å². The minimum Gasteiger partial charge on any atom is -0.380 e. The zero-order valence-electron chi connectivity index (χ0n) is 11.4. The number of rotatable bonds is 4. The van der Waals surface area contributed by atoms with Crippen molar-refractivity contribution in [1.29, 1.82) is 0 Å². The molecule has 2 nitrogen and oxygen atoms in total. The molecule has 1 fully saturated rings. The maximum atomic E-state index is 5.26. The molecule has 94 valence electrons. The quantitative estimate of drug-likeness (QED) is 0.863. The Morgan fingerprint density at radius 1 is 1.18 bits per heavy atom. The second kappa shape index (κ2) is 4.79. The Balaban J connectivity index is 1.94. The molecule has 0 unspecified atom stereocenters. The average molecular weight is 233 g/mol. The molecule has 2 rings (SSSR count). The van der Waals surface area contributed by atoms with Crippen molar-refractivity contribution in [2.75, 3.05) is 19.8 Å². The highest BCUT2D eigenvalue weighted by Gasteiger charge is 2.32. The lowest BCUT2D eigenvalue weighted by molar-refractivity contribution is -0.0991. The second-order valence-electron chi connectivity index (χ2n) is 5.78. The van der Waals surface area contributed by atoms with Crippen LogP contribution in [0.3, 0.4) is 0 Å². The fourth-order valence-corrected chi connectivity index (χ4v) is 2.53. The van der Waals surface area contributed by atoms with Crippen LogP contribution >= 0.6 is 0 Å². The van der Waals surface area contributed by atoms with Crippen LogP contribution in [0.1, 0.15) is 29.2 Å². The van der Waals surface area contributed by atoms with Crippen LogP contribution in [0.5, 0.6) is 0 Å². The molecule has 1 aliphatic heterocycles. The van der Waals surface area contributed by atoms with Gasteiger partial charge in [-0.2, -0.15) is 0 Å². The number of nitrogens with one attached hydrogen (secondary N) is 1. The van der Waals surface area contributed by atoms with E-state index in [1.165, 1.54) is 22.3 Å². The van der Waals surface area contributed by atoms with Crippen LogP contribution in [0.25, 0.3) is 0 Å². The first-order valence-electron chi connectivity index (χ1n) is 6.35.